The topological polar surface area (TPSA) is 50.7 Å². The quantitative estimate of drug-likeness (QED) is 0.555. The summed E-state index contributed by atoms with van der Waals surface area (Å²) in [7, 11) is 0. The highest BCUT2D eigenvalue weighted by atomic mass is 19.4. The van der Waals surface area contributed by atoms with Crippen LogP contribution in [0.1, 0.15) is 0 Å². The van der Waals surface area contributed by atoms with Crippen LogP contribution in [0, 0.1) is 0 Å². The molecule has 0 saturated heterocycles. The fraction of sp³-hybridized carbons (Fsp3) is 0.500. The minimum absolute atomic E-state index is 0.178. The van der Waals surface area contributed by atoms with Crippen LogP contribution in [0.5, 0.6) is 0 Å². The SMILES string of the molecule is NC1=C[C@@H](C(F)(F)F)N=N1. The second-order valence-electron chi connectivity index (χ2n) is 1.79. The van der Waals surface area contributed by atoms with Crippen LogP contribution in [-0.4, -0.2) is 12.2 Å². The predicted octanol–water partition coefficient (Wildman–Crippen LogP) is 1.18. The van der Waals surface area contributed by atoms with Gasteiger partial charge in [0.2, 0.25) is 0 Å². The van der Waals surface area contributed by atoms with E-state index >= 15 is 0 Å². The first-order chi connectivity index (χ1) is 4.50. The Bertz CT molecular complexity index is 192. The third kappa shape index (κ3) is 1.26. The van der Waals surface area contributed by atoms with E-state index in [1.165, 1.54) is 0 Å². The van der Waals surface area contributed by atoms with E-state index in [0.29, 0.717) is 0 Å². The molecule has 56 valence electrons. The van der Waals surface area contributed by atoms with Gasteiger partial charge in [-0.15, -0.1) is 5.11 Å². The Morgan fingerprint density at radius 1 is 1.50 bits per heavy atom. The molecule has 0 bridgehead atoms. The lowest BCUT2D eigenvalue weighted by Crippen LogP contribution is -2.23. The van der Waals surface area contributed by atoms with Crippen LogP contribution in [0.15, 0.2) is 22.1 Å². The average molecular weight is 151 g/mol. The molecule has 0 aromatic carbocycles. The molecular formula is C4H4F3N3. The van der Waals surface area contributed by atoms with Crippen molar-refractivity contribution in [3.05, 3.63) is 11.9 Å². The van der Waals surface area contributed by atoms with E-state index in [2.05, 4.69) is 10.2 Å². The van der Waals surface area contributed by atoms with Gasteiger partial charge in [0, 0.05) is 0 Å². The number of rotatable bonds is 0. The van der Waals surface area contributed by atoms with Crippen molar-refractivity contribution in [3.63, 3.8) is 0 Å². The molecule has 0 amide bonds. The molecule has 0 unspecified atom stereocenters. The molecule has 3 nitrogen and oxygen atoms in total. The Hall–Kier alpha value is -1.07. The smallest absolute Gasteiger partial charge is 0.382 e. The van der Waals surface area contributed by atoms with Crippen LogP contribution in [-0.2, 0) is 0 Å². The molecule has 0 aromatic rings. The molecule has 0 aliphatic carbocycles. The number of azo groups is 1. The first kappa shape index (κ1) is 7.04. The Morgan fingerprint density at radius 3 is 2.30 bits per heavy atom. The number of hydrogen-bond acceptors (Lipinski definition) is 3. The lowest BCUT2D eigenvalue weighted by Gasteiger charge is -2.06. The molecule has 0 spiro atoms. The maximum Gasteiger partial charge on any atom is 0.416 e. The zero-order chi connectivity index (χ0) is 7.78. The molecule has 1 atom stereocenters. The molecule has 0 aromatic heterocycles. The van der Waals surface area contributed by atoms with Gasteiger partial charge in [0.25, 0.3) is 0 Å². The van der Waals surface area contributed by atoms with Crippen LogP contribution in [0.25, 0.3) is 0 Å². The van der Waals surface area contributed by atoms with E-state index in [1.54, 1.807) is 0 Å². The number of nitrogens with two attached hydrogens (primary N) is 1. The average Bonchev–Trinajstić information content (AvgIpc) is 2.11. The van der Waals surface area contributed by atoms with Gasteiger partial charge in [-0.3, -0.25) is 0 Å². The summed E-state index contributed by atoms with van der Waals surface area (Å²) in [6, 6.07) is -1.84. The number of halogens is 3. The maximum absolute atomic E-state index is 11.7. The Labute approximate surface area is 54.4 Å². The van der Waals surface area contributed by atoms with E-state index in [1.807, 2.05) is 0 Å². The van der Waals surface area contributed by atoms with E-state index in [0.717, 1.165) is 6.08 Å². The van der Waals surface area contributed by atoms with E-state index in [-0.39, 0.29) is 5.82 Å². The minimum atomic E-state index is -4.36. The molecular weight excluding hydrogens is 147 g/mol. The first-order valence-electron chi connectivity index (χ1n) is 2.45. The zero-order valence-corrected chi connectivity index (χ0v) is 4.76. The van der Waals surface area contributed by atoms with Crippen LogP contribution in [0.4, 0.5) is 13.2 Å². The Balaban J connectivity index is 2.72. The van der Waals surface area contributed by atoms with Crippen molar-refractivity contribution >= 4 is 0 Å². The fourth-order valence-corrected chi connectivity index (χ4v) is 0.517. The van der Waals surface area contributed by atoms with E-state index < -0.39 is 12.2 Å². The normalized spacial score (nSPS) is 25.1. The van der Waals surface area contributed by atoms with Gasteiger partial charge in [-0.1, -0.05) is 0 Å². The summed E-state index contributed by atoms with van der Waals surface area (Å²) in [6.45, 7) is 0. The van der Waals surface area contributed by atoms with Crippen molar-refractivity contribution in [2.45, 2.75) is 12.2 Å². The summed E-state index contributed by atoms with van der Waals surface area (Å²) in [5.74, 6) is -0.178. The highest BCUT2D eigenvalue weighted by molar-refractivity contribution is 5.08. The minimum Gasteiger partial charge on any atom is -0.382 e. The van der Waals surface area contributed by atoms with Gasteiger partial charge in [0.1, 0.15) is 5.82 Å². The molecule has 1 rings (SSSR count). The van der Waals surface area contributed by atoms with Crippen LogP contribution in [0.2, 0.25) is 0 Å². The van der Waals surface area contributed by atoms with Gasteiger partial charge in [-0.25, -0.2) is 0 Å². The summed E-state index contributed by atoms with van der Waals surface area (Å²) in [6.07, 6.45) is -3.59. The number of hydrogen-bond donors (Lipinski definition) is 1. The lowest BCUT2D eigenvalue weighted by atomic mass is 10.3. The monoisotopic (exact) mass is 151 g/mol. The second kappa shape index (κ2) is 1.96. The number of nitrogens with zero attached hydrogens (tertiary/aromatic N) is 2. The third-order valence-corrected chi connectivity index (χ3v) is 0.962. The molecule has 0 saturated carbocycles. The molecule has 0 fully saturated rings. The Morgan fingerprint density at radius 2 is 2.10 bits per heavy atom. The van der Waals surface area contributed by atoms with Crippen molar-refractivity contribution in [2.24, 2.45) is 16.0 Å². The maximum atomic E-state index is 11.7. The van der Waals surface area contributed by atoms with Crippen molar-refractivity contribution in [2.75, 3.05) is 0 Å². The van der Waals surface area contributed by atoms with Gasteiger partial charge < -0.3 is 5.73 Å². The van der Waals surface area contributed by atoms with Crippen LogP contribution in [0.3, 0.4) is 0 Å². The predicted molar refractivity (Wildman–Crippen MR) is 27.0 cm³/mol. The fourth-order valence-electron chi connectivity index (χ4n) is 0.517. The summed E-state index contributed by atoms with van der Waals surface area (Å²) in [5, 5.41) is 5.90. The van der Waals surface area contributed by atoms with Crippen LogP contribution >= 0.6 is 0 Å². The van der Waals surface area contributed by atoms with E-state index in [9.17, 15) is 13.2 Å². The molecule has 1 aliphatic rings. The highest BCUT2D eigenvalue weighted by Gasteiger charge is 2.40. The molecule has 10 heavy (non-hydrogen) atoms. The summed E-state index contributed by atoms with van der Waals surface area (Å²) < 4.78 is 35.0. The summed E-state index contributed by atoms with van der Waals surface area (Å²) in [4.78, 5) is 0. The lowest BCUT2D eigenvalue weighted by molar-refractivity contribution is -0.136. The number of alkyl halides is 3. The molecule has 0 radical (unpaired) electrons. The van der Waals surface area contributed by atoms with Gasteiger partial charge >= 0.3 is 6.18 Å². The van der Waals surface area contributed by atoms with Gasteiger partial charge in [-0.05, 0) is 6.08 Å². The van der Waals surface area contributed by atoms with Gasteiger partial charge in [0.05, 0.1) is 0 Å². The highest BCUT2D eigenvalue weighted by Crippen LogP contribution is 2.27. The van der Waals surface area contributed by atoms with E-state index in [4.69, 9.17) is 5.73 Å². The Kier molecular flexibility index (Phi) is 1.38. The summed E-state index contributed by atoms with van der Waals surface area (Å²) >= 11 is 0. The van der Waals surface area contributed by atoms with Crippen molar-refractivity contribution < 1.29 is 13.2 Å². The van der Waals surface area contributed by atoms with Crippen LogP contribution < -0.4 is 5.73 Å². The van der Waals surface area contributed by atoms with Crippen molar-refractivity contribution in [3.8, 4) is 0 Å². The second-order valence-corrected chi connectivity index (χ2v) is 1.79. The largest absolute Gasteiger partial charge is 0.416 e. The van der Waals surface area contributed by atoms with Gasteiger partial charge in [-0.2, -0.15) is 18.3 Å². The first-order valence-corrected chi connectivity index (χ1v) is 2.45. The third-order valence-electron chi connectivity index (χ3n) is 0.962. The molecule has 1 aliphatic heterocycles. The molecule has 2 N–H and O–H groups in total. The molecule has 6 heteroatoms. The molecule has 1 heterocycles. The summed E-state index contributed by atoms with van der Waals surface area (Å²) in [5.41, 5.74) is 4.92. The standard InChI is InChI=1S/C4H4F3N3/c5-4(6,7)2-1-3(8)10-9-2/h1-2H,8H2/t2-/m0/s1. The van der Waals surface area contributed by atoms with Gasteiger partial charge in [0.15, 0.2) is 6.04 Å². The van der Waals surface area contributed by atoms with Crippen molar-refractivity contribution in [1.29, 1.82) is 0 Å². The zero-order valence-electron chi connectivity index (χ0n) is 4.76. The van der Waals surface area contributed by atoms with Crippen molar-refractivity contribution in [1.82, 2.24) is 0 Å².